The first-order valence-corrected chi connectivity index (χ1v) is 6.71. The van der Waals surface area contributed by atoms with Crippen LogP contribution in [-0.4, -0.2) is 10.9 Å². The van der Waals surface area contributed by atoms with Crippen molar-refractivity contribution in [3.8, 4) is 5.75 Å². The summed E-state index contributed by atoms with van der Waals surface area (Å²) < 4.78 is 5.68. The highest BCUT2D eigenvalue weighted by atomic mass is 35.5. The number of oxime groups is 1. The van der Waals surface area contributed by atoms with Crippen molar-refractivity contribution in [2.45, 2.75) is 13.5 Å². The van der Waals surface area contributed by atoms with Gasteiger partial charge in [0.2, 0.25) is 0 Å². The molecule has 0 aliphatic carbocycles. The first kappa shape index (κ1) is 14.7. The summed E-state index contributed by atoms with van der Waals surface area (Å²) in [7, 11) is 0. The van der Waals surface area contributed by atoms with E-state index >= 15 is 0 Å². The molecule has 0 unspecified atom stereocenters. The topological polar surface area (TPSA) is 41.8 Å². The maximum absolute atomic E-state index is 8.77. The van der Waals surface area contributed by atoms with Crippen LogP contribution in [0.2, 0.25) is 10.0 Å². The molecule has 1 N–H and O–H groups in total. The van der Waals surface area contributed by atoms with Crippen LogP contribution in [0, 0.1) is 0 Å². The zero-order chi connectivity index (χ0) is 14.5. The standard InChI is InChI=1S/C15H13Cl2NO2/c1-10(18-19)11-3-2-4-14(7-11)20-9-12-5-6-13(16)8-15(12)17/h2-8,19H,9H2,1H3/b18-10+. The van der Waals surface area contributed by atoms with Gasteiger partial charge >= 0.3 is 0 Å². The number of halogens is 2. The molecule has 0 heterocycles. The van der Waals surface area contributed by atoms with E-state index in [1.165, 1.54) is 0 Å². The molecule has 0 aliphatic heterocycles. The molecule has 2 aromatic carbocycles. The molecule has 0 atom stereocenters. The lowest BCUT2D eigenvalue weighted by molar-refractivity contribution is 0.306. The average molecular weight is 310 g/mol. The summed E-state index contributed by atoms with van der Waals surface area (Å²) in [6, 6.07) is 12.6. The van der Waals surface area contributed by atoms with E-state index in [-0.39, 0.29) is 0 Å². The Morgan fingerprint density at radius 1 is 1.20 bits per heavy atom. The van der Waals surface area contributed by atoms with E-state index in [0.717, 1.165) is 11.1 Å². The fourth-order valence-corrected chi connectivity index (χ4v) is 2.13. The van der Waals surface area contributed by atoms with Crippen molar-refractivity contribution in [2.75, 3.05) is 0 Å². The van der Waals surface area contributed by atoms with Gasteiger partial charge in [-0.05, 0) is 31.2 Å². The van der Waals surface area contributed by atoms with Crippen molar-refractivity contribution >= 4 is 28.9 Å². The Labute approximate surface area is 127 Å². The Hall–Kier alpha value is -1.71. The molecule has 0 aromatic heterocycles. The molecule has 5 heteroatoms. The second-order valence-corrected chi connectivity index (χ2v) is 5.08. The maximum Gasteiger partial charge on any atom is 0.120 e. The molecule has 2 aromatic rings. The van der Waals surface area contributed by atoms with Crippen molar-refractivity contribution in [3.63, 3.8) is 0 Å². The number of hydrogen-bond acceptors (Lipinski definition) is 3. The summed E-state index contributed by atoms with van der Waals surface area (Å²) in [5.74, 6) is 0.677. The molecule has 20 heavy (non-hydrogen) atoms. The van der Waals surface area contributed by atoms with Crippen molar-refractivity contribution in [1.29, 1.82) is 0 Å². The molecule has 0 saturated heterocycles. The van der Waals surface area contributed by atoms with Crippen LogP contribution in [0.5, 0.6) is 5.75 Å². The first-order valence-electron chi connectivity index (χ1n) is 5.96. The molecule has 0 fully saturated rings. The van der Waals surface area contributed by atoms with Gasteiger partial charge in [-0.15, -0.1) is 0 Å². The van der Waals surface area contributed by atoms with Gasteiger partial charge in [0.1, 0.15) is 12.4 Å². The normalized spacial score (nSPS) is 11.4. The Morgan fingerprint density at radius 3 is 2.70 bits per heavy atom. The van der Waals surface area contributed by atoms with Crippen LogP contribution in [0.3, 0.4) is 0 Å². The molecule has 0 saturated carbocycles. The van der Waals surface area contributed by atoms with Crippen molar-refractivity contribution in [2.24, 2.45) is 5.16 Å². The van der Waals surface area contributed by atoms with Gasteiger partial charge in [-0.3, -0.25) is 0 Å². The lowest BCUT2D eigenvalue weighted by Crippen LogP contribution is -1.99. The lowest BCUT2D eigenvalue weighted by atomic mass is 10.1. The molecule has 0 aliphatic rings. The fraction of sp³-hybridized carbons (Fsp3) is 0.133. The Balaban J connectivity index is 2.11. The second-order valence-electron chi connectivity index (χ2n) is 4.24. The third kappa shape index (κ3) is 3.65. The summed E-state index contributed by atoms with van der Waals surface area (Å²) in [5, 5.41) is 13.1. The third-order valence-corrected chi connectivity index (χ3v) is 3.40. The summed E-state index contributed by atoms with van der Waals surface area (Å²) in [6.07, 6.45) is 0. The predicted octanol–water partition coefficient (Wildman–Crippen LogP) is 4.77. The summed E-state index contributed by atoms with van der Waals surface area (Å²) in [5.41, 5.74) is 2.18. The quantitative estimate of drug-likeness (QED) is 0.502. The molecule has 0 amide bonds. The second kappa shape index (κ2) is 6.64. The van der Waals surface area contributed by atoms with Gasteiger partial charge in [0.15, 0.2) is 0 Å². The monoisotopic (exact) mass is 309 g/mol. The van der Waals surface area contributed by atoms with Gasteiger partial charge in [0, 0.05) is 21.2 Å². The predicted molar refractivity (Wildman–Crippen MR) is 81.2 cm³/mol. The maximum atomic E-state index is 8.77. The number of ether oxygens (including phenoxy) is 1. The Kier molecular flexibility index (Phi) is 4.88. The third-order valence-electron chi connectivity index (χ3n) is 2.81. The van der Waals surface area contributed by atoms with E-state index in [9.17, 15) is 0 Å². The van der Waals surface area contributed by atoms with Crippen molar-refractivity contribution < 1.29 is 9.94 Å². The van der Waals surface area contributed by atoms with Gasteiger partial charge < -0.3 is 9.94 Å². The van der Waals surface area contributed by atoms with E-state index in [0.29, 0.717) is 28.1 Å². The van der Waals surface area contributed by atoms with E-state index in [1.54, 1.807) is 25.1 Å². The molecular formula is C15H13Cl2NO2. The van der Waals surface area contributed by atoms with Gasteiger partial charge in [0.25, 0.3) is 0 Å². The molecule has 104 valence electrons. The molecule has 3 nitrogen and oxygen atoms in total. The highest BCUT2D eigenvalue weighted by Gasteiger charge is 2.04. The van der Waals surface area contributed by atoms with Crippen LogP contribution >= 0.6 is 23.2 Å². The summed E-state index contributed by atoms with van der Waals surface area (Å²) in [6.45, 7) is 2.06. The van der Waals surface area contributed by atoms with Crippen LogP contribution < -0.4 is 4.74 Å². The lowest BCUT2D eigenvalue weighted by Gasteiger charge is -2.09. The molecule has 0 radical (unpaired) electrons. The van der Waals surface area contributed by atoms with Crippen LogP contribution in [-0.2, 0) is 6.61 Å². The summed E-state index contributed by atoms with van der Waals surface area (Å²) in [4.78, 5) is 0. The van der Waals surface area contributed by atoms with Crippen LogP contribution in [0.15, 0.2) is 47.6 Å². The van der Waals surface area contributed by atoms with Gasteiger partial charge in [0.05, 0.1) is 5.71 Å². The summed E-state index contributed by atoms with van der Waals surface area (Å²) >= 11 is 11.9. The van der Waals surface area contributed by atoms with E-state index in [1.807, 2.05) is 24.3 Å². The van der Waals surface area contributed by atoms with Crippen LogP contribution in [0.25, 0.3) is 0 Å². The van der Waals surface area contributed by atoms with E-state index in [4.69, 9.17) is 33.1 Å². The molecule has 2 rings (SSSR count). The largest absolute Gasteiger partial charge is 0.489 e. The minimum Gasteiger partial charge on any atom is -0.489 e. The highest BCUT2D eigenvalue weighted by Crippen LogP contribution is 2.23. The van der Waals surface area contributed by atoms with Crippen molar-refractivity contribution in [1.82, 2.24) is 0 Å². The van der Waals surface area contributed by atoms with Gasteiger partial charge in [-0.1, -0.05) is 46.6 Å². The molecule has 0 spiro atoms. The first-order chi connectivity index (χ1) is 9.60. The van der Waals surface area contributed by atoms with E-state index in [2.05, 4.69) is 5.16 Å². The molecular weight excluding hydrogens is 297 g/mol. The van der Waals surface area contributed by atoms with Gasteiger partial charge in [-0.2, -0.15) is 0 Å². The number of nitrogens with zero attached hydrogens (tertiary/aromatic N) is 1. The highest BCUT2D eigenvalue weighted by molar-refractivity contribution is 6.35. The minimum absolute atomic E-state index is 0.342. The smallest absolute Gasteiger partial charge is 0.120 e. The minimum atomic E-state index is 0.342. The van der Waals surface area contributed by atoms with E-state index < -0.39 is 0 Å². The SMILES string of the molecule is C/C(=N\O)c1cccc(OCc2ccc(Cl)cc2Cl)c1. The average Bonchev–Trinajstić information content (AvgIpc) is 2.46. The molecule has 0 bridgehead atoms. The zero-order valence-corrected chi connectivity index (χ0v) is 12.3. The number of rotatable bonds is 4. The number of benzene rings is 2. The van der Waals surface area contributed by atoms with Crippen LogP contribution in [0.4, 0.5) is 0 Å². The Morgan fingerprint density at radius 2 is 2.00 bits per heavy atom. The zero-order valence-electron chi connectivity index (χ0n) is 10.8. The number of hydrogen-bond donors (Lipinski definition) is 1. The van der Waals surface area contributed by atoms with Crippen molar-refractivity contribution in [3.05, 3.63) is 63.6 Å². The van der Waals surface area contributed by atoms with Crippen LogP contribution in [0.1, 0.15) is 18.1 Å². The Bertz CT molecular complexity index is 642. The fourth-order valence-electron chi connectivity index (χ4n) is 1.67. The van der Waals surface area contributed by atoms with Gasteiger partial charge in [-0.25, -0.2) is 0 Å².